The number of nitrogens with one attached hydrogen (secondary N) is 1. The number of amides is 1. The monoisotopic (exact) mass is 338 g/mol. The van der Waals surface area contributed by atoms with E-state index in [-0.39, 0.29) is 16.6 Å². The molecule has 0 unspecified atom stereocenters. The Labute approximate surface area is 132 Å². The van der Waals surface area contributed by atoms with E-state index in [1.807, 2.05) is 0 Å². The molecule has 0 atom stereocenters. The van der Waals surface area contributed by atoms with Crippen molar-refractivity contribution in [2.45, 2.75) is 9.79 Å². The number of rotatable bonds is 5. The normalized spacial score (nSPS) is 11.1. The maximum absolute atomic E-state index is 11.8. The number of nitrogens with two attached hydrogens (primary N) is 2. The van der Waals surface area contributed by atoms with Crippen LogP contribution in [0.1, 0.15) is 0 Å². The van der Waals surface area contributed by atoms with Gasteiger partial charge in [-0.25, -0.2) is 18.5 Å². The molecule has 1 amide bonds. The summed E-state index contributed by atoms with van der Waals surface area (Å²) in [5.74, 6) is 0.400. The molecule has 0 aliphatic rings. The number of primary sulfonamides is 1. The van der Waals surface area contributed by atoms with Gasteiger partial charge in [0.1, 0.15) is 5.82 Å². The zero-order valence-corrected chi connectivity index (χ0v) is 13.0. The summed E-state index contributed by atoms with van der Waals surface area (Å²) in [5, 5.41) is 7.66. The zero-order valence-electron chi connectivity index (χ0n) is 11.4. The van der Waals surface area contributed by atoms with Crippen LogP contribution < -0.4 is 16.2 Å². The maximum atomic E-state index is 11.8. The lowest BCUT2D eigenvalue weighted by molar-refractivity contribution is -0.113. The van der Waals surface area contributed by atoms with Crippen LogP contribution in [0.3, 0.4) is 0 Å². The van der Waals surface area contributed by atoms with E-state index in [0.29, 0.717) is 11.5 Å². The van der Waals surface area contributed by atoms with Crippen molar-refractivity contribution in [3.8, 4) is 0 Å². The summed E-state index contributed by atoms with van der Waals surface area (Å²) >= 11 is 1.32. The zero-order chi connectivity index (χ0) is 16.2. The number of aromatic nitrogens is 1. The minimum atomic E-state index is -3.73. The minimum absolute atomic E-state index is 0.00665. The van der Waals surface area contributed by atoms with Crippen LogP contribution in [-0.4, -0.2) is 25.1 Å². The molecule has 116 valence electrons. The van der Waals surface area contributed by atoms with Crippen molar-refractivity contribution in [3.05, 3.63) is 42.6 Å². The number of anilines is 2. The highest BCUT2D eigenvalue weighted by Crippen LogP contribution is 2.18. The molecular weight excluding hydrogens is 324 g/mol. The molecule has 1 aromatic carbocycles. The second-order valence-corrected chi connectivity index (χ2v) is 6.94. The Morgan fingerprint density at radius 3 is 2.41 bits per heavy atom. The van der Waals surface area contributed by atoms with Crippen LogP contribution in [-0.2, 0) is 14.8 Å². The molecule has 0 aliphatic heterocycles. The van der Waals surface area contributed by atoms with E-state index in [1.54, 1.807) is 18.3 Å². The number of nitrogens with zero attached hydrogens (tertiary/aromatic N) is 1. The number of carbonyl (C=O) groups is 1. The molecule has 2 rings (SSSR count). The summed E-state index contributed by atoms with van der Waals surface area (Å²) < 4.78 is 22.2. The number of carbonyl (C=O) groups excluding carboxylic acids is 1. The summed E-state index contributed by atoms with van der Waals surface area (Å²) in [6.07, 6.45) is 1.59. The molecule has 0 saturated heterocycles. The fourth-order valence-corrected chi connectivity index (χ4v) is 2.73. The Hall–Kier alpha value is -2.10. The van der Waals surface area contributed by atoms with Crippen molar-refractivity contribution in [1.82, 2.24) is 4.98 Å². The number of thioether (sulfide) groups is 1. The third-order valence-electron chi connectivity index (χ3n) is 2.60. The van der Waals surface area contributed by atoms with Gasteiger partial charge in [-0.15, -0.1) is 11.8 Å². The summed E-state index contributed by atoms with van der Waals surface area (Å²) in [5.41, 5.74) is 5.97. The van der Waals surface area contributed by atoms with Crippen molar-refractivity contribution in [2.75, 3.05) is 16.8 Å². The largest absolute Gasteiger partial charge is 0.384 e. The maximum Gasteiger partial charge on any atom is 0.238 e. The molecule has 1 heterocycles. The molecule has 0 aliphatic carbocycles. The van der Waals surface area contributed by atoms with Crippen molar-refractivity contribution >= 4 is 39.2 Å². The fourth-order valence-electron chi connectivity index (χ4n) is 1.55. The van der Waals surface area contributed by atoms with Crippen LogP contribution in [0.15, 0.2) is 52.4 Å². The van der Waals surface area contributed by atoms with Gasteiger partial charge >= 0.3 is 0 Å². The van der Waals surface area contributed by atoms with Crippen molar-refractivity contribution in [3.63, 3.8) is 0 Å². The van der Waals surface area contributed by atoms with Gasteiger partial charge in [-0.2, -0.15) is 0 Å². The average Bonchev–Trinajstić information content (AvgIpc) is 2.46. The van der Waals surface area contributed by atoms with Gasteiger partial charge < -0.3 is 11.1 Å². The van der Waals surface area contributed by atoms with Gasteiger partial charge in [-0.05, 0) is 36.4 Å². The lowest BCUT2D eigenvalue weighted by atomic mass is 10.3. The summed E-state index contributed by atoms with van der Waals surface area (Å²) in [6.45, 7) is 0. The van der Waals surface area contributed by atoms with Gasteiger partial charge in [-0.3, -0.25) is 4.79 Å². The summed E-state index contributed by atoms with van der Waals surface area (Å²) in [4.78, 5) is 16.6. The van der Waals surface area contributed by atoms with Crippen molar-refractivity contribution < 1.29 is 13.2 Å². The molecule has 2 aromatic rings. The number of nitrogen functional groups attached to an aromatic ring is 1. The molecule has 9 heteroatoms. The molecule has 1 aromatic heterocycles. The Kier molecular flexibility index (Phi) is 5.01. The van der Waals surface area contributed by atoms with E-state index in [0.717, 1.165) is 4.90 Å². The second-order valence-electron chi connectivity index (χ2n) is 4.33. The standard InChI is InChI=1S/C13H14N4O3S2/c14-12-6-3-10(7-16-12)21-8-13(18)17-9-1-4-11(5-2-9)22(15,19)20/h1-7H,8H2,(H2,14,16)(H,17,18)(H2,15,19,20). The van der Waals surface area contributed by atoms with Crippen molar-refractivity contribution in [1.29, 1.82) is 0 Å². The third kappa shape index (κ3) is 4.72. The first-order valence-electron chi connectivity index (χ1n) is 6.11. The number of hydrogen-bond acceptors (Lipinski definition) is 6. The molecule has 0 saturated carbocycles. The van der Waals surface area contributed by atoms with E-state index in [2.05, 4.69) is 10.3 Å². The highest BCUT2D eigenvalue weighted by atomic mass is 32.2. The fraction of sp³-hybridized carbons (Fsp3) is 0.0769. The van der Waals surface area contributed by atoms with E-state index in [9.17, 15) is 13.2 Å². The van der Waals surface area contributed by atoms with Gasteiger partial charge in [0.15, 0.2) is 0 Å². The van der Waals surface area contributed by atoms with E-state index in [4.69, 9.17) is 10.9 Å². The SMILES string of the molecule is Nc1ccc(SCC(=O)Nc2ccc(S(N)(=O)=O)cc2)cn1. The molecule has 22 heavy (non-hydrogen) atoms. The average molecular weight is 338 g/mol. The van der Waals surface area contributed by atoms with Crippen LogP contribution in [0.2, 0.25) is 0 Å². The smallest absolute Gasteiger partial charge is 0.238 e. The number of benzene rings is 1. The minimum Gasteiger partial charge on any atom is -0.384 e. The van der Waals surface area contributed by atoms with Gasteiger partial charge in [0.05, 0.1) is 10.6 Å². The quantitative estimate of drug-likeness (QED) is 0.699. The Bertz CT molecular complexity index is 759. The van der Waals surface area contributed by atoms with Crippen molar-refractivity contribution in [2.24, 2.45) is 5.14 Å². The van der Waals surface area contributed by atoms with Crippen LogP contribution in [0.25, 0.3) is 0 Å². The van der Waals surface area contributed by atoms with Gasteiger partial charge in [0.2, 0.25) is 15.9 Å². The lowest BCUT2D eigenvalue weighted by Gasteiger charge is -2.06. The second kappa shape index (κ2) is 6.77. The molecule has 0 fully saturated rings. The van der Waals surface area contributed by atoms with Crippen LogP contribution in [0.4, 0.5) is 11.5 Å². The molecule has 7 nitrogen and oxygen atoms in total. The molecule has 0 spiro atoms. The number of pyridine rings is 1. The third-order valence-corrected chi connectivity index (χ3v) is 4.51. The lowest BCUT2D eigenvalue weighted by Crippen LogP contribution is -2.15. The highest BCUT2D eigenvalue weighted by Gasteiger charge is 2.08. The molecule has 0 bridgehead atoms. The molecule has 5 N–H and O–H groups in total. The Morgan fingerprint density at radius 1 is 1.18 bits per heavy atom. The Morgan fingerprint density at radius 2 is 1.86 bits per heavy atom. The van der Waals surface area contributed by atoms with Gasteiger partial charge in [0.25, 0.3) is 0 Å². The van der Waals surface area contributed by atoms with Crippen LogP contribution in [0, 0.1) is 0 Å². The number of hydrogen-bond donors (Lipinski definition) is 3. The predicted octanol–water partition coefficient (Wildman–Crippen LogP) is 1.04. The Balaban J connectivity index is 1.90. The highest BCUT2D eigenvalue weighted by molar-refractivity contribution is 8.00. The molecular formula is C13H14N4O3S2. The number of sulfonamides is 1. The summed E-state index contributed by atoms with van der Waals surface area (Å²) in [6, 6.07) is 9.07. The van der Waals surface area contributed by atoms with Gasteiger partial charge in [-0.1, -0.05) is 0 Å². The van der Waals surface area contributed by atoms with E-state index in [1.165, 1.54) is 36.0 Å². The van der Waals surface area contributed by atoms with E-state index < -0.39 is 10.0 Å². The van der Waals surface area contributed by atoms with Crippen LogP contribution in [0.5, 0.6) is 0 Å². The first-order chi connectivity index (χ1) is 10.3. The first-order valence-corrected chi connectivity index (χ1v) is 8.65. The first kappa shape index (κ1) is 16.3. The van der Waals surface area contributed by atoms with Gasteiger partial charge in [0, 0.05) is 16.8 Å². The van der Waals surface area contributed by atoms with Crippen LogP contribution >= 0.6 is 11.8 Å². The van der Waals surface area contributed by atoms with E-state index >= 15 is 0 Å². The molecule has 0 radical (unpaired) electrons. The predicted molar refractivity (Wildman–Crippen MR) is 85.8 cm³/mol. The topological polar surface area (TPSA) is 128 Å². The summed E-state index contributed by atoms with van der Waals surface area (Å²) in [7, 11) is -3.73.